The molecule has 0 aromatic rings. The van der Waals surface area contributed by atoms with Crippen LogP contribution >= 0.6 is 0 Å². The Morgan fingerprint density at radius 1 is 1.50 bits per heavy atom. The lowest BCUT2D eigenvalue weighted by atomic mass is 10.2. The normalized spacial score (nSPS) is 24.0. The third-order valence-corrected chi connectivity index (χ3v) is 3.23. The fourth-order valence-corrected chi connectivity index (χ4v) is 2.17. The first kappa shape index (κ1) is 12.0. The lowest BCUT2D eigenvalue weighted by Crippen LogP contribution is -2.43. The van der Waals surface area contributed by atoms with E-state index < -0.39 is 0 Å². The van der Waals surface area contributed by atoms with Crippen LogP contribution < -0.4 is 0 Å². The van der Waals surface area contributed by atoms with Gasteiger partial charge in [-0.25, -0.2) is 0 Å². The Morgan fingerprint density at radius 2 is 2.21 bits per heavy atom. The molecule has 1 aliphatic heterocycles. The minimum Gasteiger partial charge on any atom is -0.395 e. The van der Waals surface area contributed by atoms with Crippen LogP contribution in [0.25, 0.3) is 0 Å². The Kier molecular flexibility index (Phi) is 4.85. The van der Waals surface area contributed by atoms with Gasteiger partial charge >= 0.3 is 0 Å². The van der Waals surface area contributed by atoms with E-state index in [4.69, 9.17) is 5.11 Å². The van der Waals surface area contributed by atoms with Crippen molar-refractivity contribution in [3.8, 4) is 0 Å². The fourth-order valence-electron chi connectivity index (χ4n) is 2.17. The number of likely N-dealkylation sites (tertiary alicyclic amines) is 1. The molecular formula is C11H24N2O. The maximum absolute atomic E-state index is 8.97. The molecule has 0 unspecified atom stereocenters. The number of aliphatic hydroxyl groups is 1. The predicted molar refractivity (Wildman–Crippen MR) is 59.4 cm³/mol. The minimum absolute atomic E-state index is 0.272. The molecule has 84 valence electrons. The van der Waals surface area contributed by atoms with Gasteiger partial charge in [-0.3, -0.25) is 4.90 Å². The molecule has 0 aliphatic carbocycles. The summed E-state index contributed by atoms with van der Waals surface area (Å²) in [6.07, 6.45) is 2.64. The van der Waals surface area contributed by atoms with E-state index in [2.05, 4.69) is 30.7 Å². The Balaban J connectivity index is 2.37. The van der Waals surface area contributed by atoms with E-state index >= 15 is 0 Å². The zero-order valence-corrected chi connectivity index (χ0v) is 9.74. The number of likely N-dealkylation sites (N-methyl/N-ethyl adjacent to an activating group) is 1. The molecule has 1 atom stereocenters. The molecule has 1 N–H and O–H groups in total. The van der Waals surface area contributed by atoms with Crippen LogP contribution in [0, 0.1) is 0 Å². The largest absolute Gasteiger partial charge is 0.395 e. The Hall–Kier alpha value is -0.120. The minimum atomic E-state index is 0.272. The number of aliphatic hydroxyl groups excluding tert-OH is 1. The molecule has 1 saturated heterocycles. The van der Waals surface area contributed by atoms with Crippen molar-refractivity contribution in [3.63, 3.8) is 0 Å². The molecule has 3 heteroatoms. The van der Waals surface area contributed by atoms with Gasteiger partial charge in [-0.05, 0) is 40.3 Å². The van der Waals surface area contributed by atoms with E-state index in [1.165, 1.54) is 19.4 Å². The molecule has 1 fully saturated rings. The molecule has 0 radical (unpaired) electrons. The molecule has 0 aromatic heterocycles. The molecule has 0 aromatic carbocycles. The summed E-state index contributed by atoms with van der Waals surface area (Å²) in [6, 6.07) is 1.24. The van der Waals surface area contributed by atoms with Crippen LogP contribution in [0.3, 0.4) is 0 Å². The Labute approximate surface area is 87.7 Å². The summed E-state index contributed by atoms with van der Waals surface area (Å²) in [7, 11) is 2.20. The Morgan fingerprint density at radius 3 is 2.64 bits per heavy atom. The van der Waals surface area contributed by atoms with Crippen LogP contribution in [0.5, 0.6) is 0 Å². The zero-order valence-electron chi connectivity index (χ0n) is 9.74. The second-order valence-corrected chi connectivity index (χ2v) is 4.59. The first-order chi connectivity index (χ1) is 6.65. The molecule has 1 rings (SSSR count). The molecule has 0 amide bonds. The summed E-state index contributed by atoms with van der Waals surface area (Å²) < 4.78 is 0. The van der Waals surface area contributed by atoms with Crippen molar-refractivity contribution >= 4 is 0 Å². The third kappa shape index (κ3) is 3.23. The maximum atomic E-state index is 8.97. The van der Waals surface area contributed by atoms with Gasteiger partial charge in [0.25, 0.3) is 0 Å². The summed E-state index contributed by atoms with van der Waals surface area (Å²) in [5, 5.41) is 8.97. The van der Waals surface area contributed by atoms with E-state index in [9.17, 15) is 0 Å². The molecule has 1 aliphatic rings. The van der Waals surface area contributed by atoms with Crippen LogP contribution in [-0.2, 0) is 0 Å². The van der Waals surface area contributed by atoms with Gasteiger partial charge in [-0.1, -0.05) is 0 Å². The van der Waals surface area contributed by atoms with Crippen LogP contribution in [-0.4, -0.2) is 60.3 Å². The lowest BCUT2D eigenvalue weighted by molar-refractivity contribution is 0.131. The summed E-state index contributed by atoms with van der Waals surface area (Å²) in [6.45, 7) is 7.82. The maximum Gasteiger partial charge on any atom is 0.0558 e. The van der Waals surface area contributed by atoms with Crippen molar-refractivity contribution < 1.29 is 5.11 Å². The van der Waals surface area contributed by atoms with E-state index in [1.807, 2.05) is 0 Å². The van der Waals surface area contributed by atoms with Crippen LogP contribution in [0.15, 0.2) is 0 Å². The number of rotatable bonds is 5. The van der Waals surface area contributed by atoms with Crippen LogP contribution in [0.2, 0.25) is 0 Å². The quantitative estimate of drug-likeness (QED) is 0.710. The van der Waals surface area contributed by atoms with Crippen LogP contribution in [0.1, 0.15) is 26.7 Å². The number of nitrogens with zero attached hydrogens (tertiary/aromatic N) is 2. The SMILES string of the molecule is CC(C)N(CCO)C[C@H]1CCCN1C. The highest BCUT2D eigenvalue weighted by atomic mass is 16.3. The standard InChI is InChI=1S/C11H24N2O/c1-10(2)13(7-8-14)9-11-5-4-6-12(11)3/h10-11,14H,4-9H2,1-3H3/t11-/m1/s1. The highest BCUT2D eigenvalue weighted by Gasteiger charge is 2.23. The molecular weight excluding hydrogens is 176 g/mol. The van der Waals surface area contributed by atoms with Crippen molar-refractivity contribution in [1.82, 2.24) is 9.80 Å². The number of hydrogen-bond acceptors (Lipinski definition) is 3. The molecule has 1 heterocycles. The fraction of sp³-hybridized carbons (Fsp3) is 1.00. The van der Waals surface area contributed by atoms with Crippen molar-refractivity contribution in [2.45, 2.75) is 38.8 Å². The molecule has 3 nitrogen and oxygen atoms in total. The summed E-state index contributed by atoms with van der Waals surface area (Å²) in [5.74, 6) is 0. The first-order valence-corrected chi connectivity index (χ1v) is 5.70. The molecule has 0 saturated carbocycles. The van der Waals surface area contributed by atoms with E-state index in [-0.39, 0.29) is 6.61 Å². The molecule has 14 heavy (non-hydrogen) atoms. The second-order valence-electron chi connectivity index (χ2n) is 4.59. The monoisotopic (exact) mass is 200 g/mol. The van der Waals surface area contributed by atoms with Crippen LogP contribution in [0.4, 0.5) is 0 Å². The van der Waals surface area contributed by atoms with Gasteiger partial charge in [0.05, 0.1) is 6.61 Å². The highest BCUT2D eigenvalue weighted by Crippen LogP contribution is 2.16. The number of hydrogen-bond donors (Lipinski definition) is 1. The summed E-state index contributed by atoms with van der Waals surface area (Å²) in [5.41, 5.74) is 0. The smallest absolute Gasteiger partial charge is 0.0558 e. The zero-order chi connectivity index (χ0) is 10.6. The van der Waals surface area contributed by atoms with Crippen molar-refractivity contribution in [1.29, 1.82) is 0 Å². The van der Waals surface area contributed by atoms with Gasteiger partial charge in [-0.2, -0.15) is 0 Å². The van der Waals surface area contributed by atoms with Gasteiger partial charge in [0.1, 0.15) is 0 Å². The summed E-state index contributed by atoms with van der Waals surface area (Å²) >= 11 is 0. The van der Waals surface area contributed by atoms with E-state index in [0.29, 0.717) is 12.1 Å². The average Bonchev–Trinajstić information content (AvgIpc) is 2.51. The third-order valence-electron chi connectivity index (χ3n) is 3.23. The topological polar surface area (TPSA) is 26.7 Å². The van der Waals surface area contributed by atoms with Crippen molar-refractivity contribution in [3.05, 3.63) is 0 Å². The average molecular weight is 200 g/mol. The highest BCUT2D eigenvalue weighted by molar-refractivity contribution is 4.80. The predicted octanol–water partition coefficient (Wildman–Crippen LogP) is 0.783. The lowest BCUT2D eigenvalue weighted by Gasteiger charge is -2.31. The van der Waals surface area contributed by atoms with E-state index in [1.54, 1.807) is 0 Å². The van der Waals surface area contributed by atoms with Gasteiger partial charge in [-0.15, -0.1) is 0 Å². The Bertz CT molecular complexity index is 161. The second kappa shape index (κ2) is 5.69. The first-order valence-electron chi connectivity index (χ1n) is 5.70. The van der Waals surface area contributed by atoms with Gasteiger partial charge in [0.15, 0.2) is 0 Å². The molecule has 0 spiro atoms. The molecule has 0 bridgehead atoms. The van der Waals surface area contributed by atoms with Gasteiger partial charge in [0.2, 0.25) is 0 Å². The van der Waals surface area contributed by atoms with Gasteiger partial charge < -0.3 is 10.0 Å². The summed E-state index contributed by atoms with van der Waals surface area (Å²) in [4.78, 5) is 4.80. The van der Waals surface area contributed by atoms with E-state index in [0.717, 1.165) is 13.1 Å². The van der Waals surface area contributed by atoms with Gasteiger partial charge in [0, 0.05) is 25.2 Å². The van der Waals surface area contributed by atoms with Crippen molar-refractivity contribution in [2.24, 2.45) is 0 Å². The van der Waals surface area contributed by atoms with Crippen molar-refractivity contribution in [2.75, 3.05) is 33.3 Å².